The lowest BCUT2D eigenvalue weighted by Crippen LogP contribution is -2.08. The van der Waals surface area contributed by atoms with Crippen molar-refractivity contribution in [2.45, 2.75) is 26.7 Å². The maximum atomic E-state index is 11.3. The number of hydrogen-bond donors (Lipinski definition) is 1. The minimum atomic E-state index is 0.252. The Bertz CT molecular complexity index is 3520. The van der Waals surface area contributed by atoms with Crippen LogP contribution in [0.5, 0.6) is 5.75 Å². The van der Waals surface area contributed by atoms with Crippen LogP contribution in [0.3, 0.4) is 0 Å². The van der Waals surface area contributed by atoms with Gasteiger partial charge in [-0.3, -0.25) is 4.57 Å². The van der Waals surface area contributed by atoms with Gasteiger partial charge in [-0.2, -0.15) is 0 Å². The van der Waals surface area contributed by atoms with Gasteiger partial charge in [-0.05, 0) is 124 Å². The van der Waals surface area contributed by atoms with Crippen molar-refractivity contribution in [3.8, 4) is 78.7 Å². The summed E-state index contributed by atoms with van der Waals surface area (Å²) < 4.78 is 8.71. The van der Waals surface area contributed by atoms with E-state index in [0.717, 1.165) is 141 Å². The van der Waals surface area contributed by atoms with Crippen LogP contribution in [0, 0.1) is 13.8 Å². The number of nitrogens with zero attached hydrogens (tertiary/aromatic N) is 3. The number of pyridine rings is 1. The number of fused-ring (bicyclic) bond motifs is 7. The second-order valence-electron chi connectivity index (χ2n) is 16.7. The molecule has 0 spiro atoms. The first-order valence-electron chi connectivity index (χ1n) is 21.6. The second kappa shape index (κ2) is 14.6. The summed E-state index contributed by atoms with van der Waals surface area (Å²) in [5.74, 6) is 0.988. The Hall–Kier alpha value is -8.02. The van der Waals surface area contributed by atoms with Crippen molar-refractivity contribution in [3.63, 3.8) is 0 Å². The van der Waals surface area contributed by atoms with E-state index in [0.29, 0.717) is 0 Å². The Morgan fingerprint density at radius 2 is 1.16 bits per heavy atom. The Balaban J connectivity index is 1.23. The summed E-state index contributed by atoms with van der Waals surface area (Å²) in [6, 6.07) is 63.9. The first-order chi connectivity index (χ1) is 31.0. The van der Waals surface area contributed by atoms with Gasteiger partial charge in [-0.15, -0.1) is 0 Å². The fourth-order valence-corrected chi connectivity index (χ4v) is 10.0. The monoisotopic (exact) mass is 811 g/mol. The van der Waals surface area contributed by atoms with Crippen molar-refractivity contribution >= 4 is 33.0 Å². The van der Waals surface area contributed by atoms with Crippen molar-refractivity contribution < 1.29 is 9.52 Å². The molecule has 0 unspecified atom stereocenters. The van der Waals surface area contributed by atoms with E-state index in [1.165, 1.54) is 0 Å². The highest BCUT2D eigenvalue weighted by atomic mass is 16.3. The smallest absolute Gasteiger partial charge is 0.164 e. The highest BCUT2D eigenvalue weighted by Gasteiger charge is 2.28. The lowest BCUT2D eigenvalue weighted by atomic mass is 9.83. The third-order valence-electron chi connectivity index (χ3n) is 12.9. The van der Waals surface area contributed by atoms with E-state index >= 15 is 0 Å². The molecule has 0 amide bonds. The van der Waals surface area contributed by atoms with E-state index in [1.807, 2.05) is 18.2 Å². The molecule has 300 valence electrons. The van der Waals surface area contributed by atoms with Gasteiger partial charge >= 0.3 is 0 Å². The lowest BCUT2D eigenvalue weighted by Gasteiger charge is -2.21. The fourth-order valence-electron chi connectivity index (χ4n) is 10.0. The normalized spacial score (nSPS) is 12.2. The maximum absolute atomic E-state index is 11.3. The summed E-state index contributed by atoms with van der Waals surface area (Å²) in [6.45, 7) is 4.34. The standard InChI is InChI=1S/C58H41N3O2/c1-35-14-11-15-36(2)57(35)61-48-32-30-45(54-42(37-16-5-3-6-17-37)22-13-23-43(54)38-18-7-4-8-19-38)52(41-29-33-51-46(34-41)44-21-9-10-25-50(44)63-51)56(48)60-58(61)47-31-28-40-27-26-39-20-12-24-49(62)53(39)55(40)59-47/h3-25,28-34,62H,26-27H2,1-2H3. The van der Waals surface area contributed by atoms with Gasteiger partial charge in [0, 0.05) is 21.9 Å². The number of para-hydroxylation sites is 2. The van der Waals surface area contributed by atoms with Crippen LogP contribution in [0.25, 0.3) is 106 Å². The van der Waals surface area contributed by atoms with Crippen molar-refractivity contribution in [1.82, 2.24) is 14.5 Å². The molecular weight excluding hydrogens is 771 g/mol. The largest absolute Gasteiger partial charge is 0.507 e. The summed E-state index contributed by atoms with van der Waals surface area (Å²) in [5, 5.41) is 13.4. The Labute approximate surface area is 365 Å². The fraction of sp³-hybridized carbons (Fsp3) is 0.0690. The van der Waals surface area contributed by atoms with E-state index in [4.69, 9.17) is 14.4 Å². The number of imidazole rings is 1. The number of phenols is 1. The van der Waals surface area contributed by atoms with Crippen molar-refractivity contribution in [2.75, 3.05) is 0 Å². The predicted molar refractivity (Wildman–Crippen MR) is 257 cm³/mol. The minimum absolute atomic E-state index is 0.252. The second-order valence-corrected chi connectivity index (χ2v) is 16.7. The molecule has 3 heterocycles. The summed E-state index contributed by atoms with van der Waals surface area (Å²) in [6.07, 6.45) is 1.71. The molecule has 0 fully saturated rings. The molecule has 1 aliphatic carbocycles. The van der Waals surface area contributed by atoms with Gasteiger partial charge in [-0.1, -0.05) is 146 Å². The third kappa shape index (κ3) is 5.92. The Morgan fingerprint density at radius 3 is 1.92 bits per heavy atom. The number of hydrogen-bond acceptors (Lipinski definition) is 4. The highest BCUT2D eigenvalue weighted by Crippen LogP contribution is 2.49. The van der Waals surface area contributed by atoms with E-state index in [1.54, 1.807) is 6.07 Å². The van der Waals surface area contributed by atoms with Crippen LogP contribution < -0.4 is 0 Å². The molecule has 0 radical (unpaired) electrons. The molecule has 0 saturated heterocycles. The van der Waals surface area contributed by atoms with Crippen LogP contribution in [-0.4, -0.2) is 19.6 Å². The van der Waals surface area contributed by atoms with Gasteiger partial charge in [0.15, 0.2) is 5.82 Å². The number of benzene rings is 8. The van der Waals surface area contributed by atoms with Gasteiger partial charge in [-0.25, -0.2) is 9.97 Å². The van der Waals surface area contributed by atoms with Gasteiger partial charge in [0.05, 0.1) is 22.4 Å². The van der Waals surface area contributed by atoms with Crippen LogP contribution in [0.4, 0.5) is 0 Å². The van der Waals surface area contributed by atoms with E-state index < -0.39 is 0 Å². The van der Waals surface area contributed by atoms with Crippen molar-refractivity contribution in [2.24, 2.45) is 0 Å². The van der Waals surface area contributed by atoms with E-state index in [-0.39, 0.29) is 5.75 Å². The van der Waals surface area contributed by atoms with Crippen LogP contribution in [0.15, 0.2) is 186 Å². The molecule has 0 bridgehead atoms. The maximum Gasteiger partial charge on any atom is 0.164 e. The van der Waals surface area contributed by atoms with Crippen molar-refractivity contribution in [1.29, 1.82) is 0 Å². The quantitative estimate of drug-likeness (QED) is 0.182. The predicted octanol–water partition coefficient (Wildman–Crippen LogP) is 14.7. The lowest BCUT2D eigenvalue weighted by molar-refractivity contribution is 0.476. The zero-order valence-corrected chi connectivity index (χ0v) is 34.9. The molecule has 1 aliphatic rings. The zero-order chi connectivity index (χ0) is 42.2. The summed E-state index contributed by atoms with van der Waals surface area (Å²) in [7, 11) is 0. The Morgan fingerprint density at radius 1 is 0.492 bits per heavy atom. The molecule has 5 heteroatoms. The molecule has 5 nitrogen and oxygen atoms in total. The SMILES string of the molecule is Cc1cccc(C)c1-n1c(-c2ccc3c(n2)-c2c(O)cccc2CC3)nc2c(-c3ccc4oc5ccccc5c4c3)c(-c3c(-c4ccccc4)cccc3-c3ccccc3)ccc21. The minimum Gasteiger partial charge on any atom is -0.507 e. The van der Waals surface area contributed by atoms with Crippen LogP contribution in [0.2, 0.25) is 0 Å². The molecule has 8 aromatic carbocycles. The molecule has 63 heavy (non-hydrogen) atoms. The topological polar surface area (TPSA) is 64.1 Å². The number of phenolic OH excluding ortho intramolecular Hbond substituents is 1. The average Bonchev–Trinajstić information content (AvgIpc) is 3.90. The highest BCUT2D eigenvalue weighted by molar-refractivity contribution is 6.11. The molecule has 1 N–H and O–H groups in total. The van der Waals surface area contributed by atoms with Gasteiger partial charge in [0.1, 0.15) is 22.6 Å². The zero-order valence-electron chi connectivity index (χ0n) is 34.9. The van der Waals surface area contributed by atoms with Gasteiger partial charge in [0.2, 0.25) is 0 Å². The van der Waals surface area contributed by atoms with Gasteiger partial charge in [0.25, 0.3) is 0 Å². The summed E-state index contributed by atoms with van der Waals surface area (Å²) in [4.78, 5) is 11.2. The molecule has 0 atom stereocenters. The number of aromatic nitrogens is 3. The van der Waals surface area contributed by atoms with E-state index in [2.05, 4.69) is 176 Å². The molecule has 0 saturated carbocycles. The third-order valence-corrected chi connectivity index (χ3v) is 12.9. The first kappa shape index (κ1) is 36.8. The van der Waals surface area contributed by atoms with Crippen LogP contribution in [-0.2, 0) is 12.8 Å². The van der Waals surface area contributed by atoms with Crippen molar-refractivity contribution in [3.05, 3.63) is 204 Å². The number of aromatic hydroxyl groups is 1. The van der Waals surface area contributed by atoms with Crippen LogP contribution in [0.1, 0.15) is 22.3 Å². The number of aryl methyl sites for hydroxylation is 4. The molecule has 0 aliphatic heterocycles. The Kier molecular flexibility index (Phi) is 8.51. The van der Waals surface area contributed by atoms with Crippen LogP contribution >= 0.6 is 0 Å². The average molecular weight is 812 g/mol. The first-order valence-corrected chi connectivity index (χ1v) is 21.6. The molecular formula is C58H41N3O2. The molecule has 12 rings (SSSR count). The summed E-state index contributed by atoms with van der Waals surface area (Å²) in [5.41, 5.74) is 20.3. The van der Waals surface area contributed by atoms with E-state index in [9.17, 15) is 5.11 Å². The van der Waals surface area contributed by atoms with Gasteiger partial charge < -0.3 is 9.52 Å². The number of rotatable bonds is 6. The molecule has 3 aromatic heterocycles. The molecule has 11 aromatic rings. The number of furan rings is 1. The summed E-state index contributed by atoms with van der Waals surface area (Å²) >= 11 is 0.